The number of ketones is 1. The molecule has 1 aliphatic rings. The van der Waals surface area contributed by atoms with Crippen molar-refractivity contribution in [1.82, 2.24) is 0 Å². The predicted molar refractivity (Wildman–Crippen MR) is 120 cm³/mol. The van der Waals surface area contributed by atoms with Gasteiger partial charge in [-0.15, -0.1) is 0 Å². The van der Waals surface area contributed by atoms with Gasteiger partial charge in [0.05, 0.1) is 18.7 Å². The molecule has 1 atom stereocenters. The Bertz CT molecular complexity index is 1220. The van der Waals surface area contributed by atoms with Gasteiger partial charge in [-0.05, 0) is 42.0 Å². The highest BCUT2D eigenvalue weighted by Gasteiger charge is 2.44. The average Bonchev–Trinajstić information content (AvgIpc) is 3.09. The molecule has 1 aliphatic heterocycles. The fraction of sp³-hybridized carbons (Fsp3) is 0.0769. The Labute approximate surface area is 184 Å². The van der Waals surface area contributed by atoms with Crippen molar-refractivity contribution in [2.75, 3.05) is 12.0 Å². The number of aliphatic hydroxyl groups excluding tert-OH is 1. The second kappa shape index (κ2) is 8.89. The molecule has 6 heteroatoms. The first-order valence-electron chi connectivity index (χ1n) is 9.94. The molecule has 3 aromatic rings. The van der Waals surface area contributed by atoms with Crippen LogP contribution in [-0.2, 0) is 9.59 Å². The van der Waals surface area contributed by atoms with Gasteiger partial charge in [0.1, 0.15) is 11.6 Å². The van der Waals surface area contributed by atoms with Gasteiger partial charge in [-0.25, -0.2) is 4.39 Å². The molecule has 5 nitrogen and oxygen atoms in total. The number of methoxy groups -OCH3 is 1. The van der Waals surface area contributed by atoms with E-state index in [4.69, 9.17) is 4.74 Å². The van der Waals surface area contributed by atoms with Gasteiger partial charge in [0.15, 0.2) is 11.5 Å². The minimum Gasteiger partial charge on any atom is -0.503 e. The molecule has 1 N–H and O–H groups in total. The van der Waals surface area contributed by atoms with Gasteiger partial charge in [0.25, 0.3) is 5.91 Å². The Morgan fingerprint density at radius 3 is 2.31 bits per heavy atom. The van der Waals surface area contributed by atoms with Crippen LogP contribution in [0.15, 0.2) is 96.3 Å². The van der Waals surface area contributed by atoms with Crippen molar-refractivity contribution in [2.24, 2.45) is 0 Å². The van der Waals surface area contributed by atoms with E-state index < -0.39 is 29.3 Å². The molecule has 1 heterocycles. The van der Waals surface area contributed by atoms with E-state index in [1.807, 2.05) is 30.3 Å². The Hall–Kier alpha value is -4.19. The van der Waals surface area contributed by atoms with E-state index in [0.29, 0.717) is 11.4 Å². The first-order valence-corrected chi connectivity index (χ1v) is 9.94. The van der Waals surface area contributed by atoms with E-state index in [1.54, 1.807) is 36.4 Å². The lowest BCUT2D eigenvalue weighted by Crippen LogP contribution is -2.31. The number of anilines is 1. The molecule has 0 saturated carbocycles. The number of rotatable bonds is 6. The molecule has 4 rings (SSSR count). The van der Waals surface area contributed by atoms with Gasteiger partial charge in [0.2, 0.25) is 0 Å². The molecule has 1 unspecified atom stereocenters. The van der Waals surface area contributed by atoms with E-state index in [-0.39, 0.29) is 11.1 Å². The number of hydrogen-bond donors (Lipinski definition) is 1. The van der Waals surface area contributed by atoms with E-state index >= 15 is 0 Å². The van der Waals surface area contributed by atoms with Gasteiger partial charge < -0.3 is 9.84 Å². The summed E-state index contributed by atoms with van der Waals surface area (Å²) in [4.78, 5) is 27.4. The number of hydrogen-bond acceptors (Lipinski definition) is 4. The monoisotopic (exact) mass is 429 g/mol. The lowest BCUT2D eigenvalue weighted by Gasteiger charge is -2.27. The standard InChI is InChI=1S/C26H20FNO4/c1-32-19-14-12-18(13-15-19)28-24(20-9-5-6-10-21(20)27)23(25(30)26(28)31)22(29)16-11-17-7-3-2-4-8-17/h2-16,24,30H,1H3/b16-11+. The van der Waals surface area contributed by atoms with E-state index in [9.17, 15) is 19.1 Å². The summed E-state index contributed by atoms with van der Waals surface area (Å²) in [5.41, 5.74) is 1.10. The third kappa shape index (κ3) is 3.90. The molecule has 1 amide bonds. The normalized spacial score (nSPS) is 16.1. The largest absolute Gasteiger partial charge is 0.503 e. The molecule has 3 aromatic carbocycles. The zero-order valence-corrected chi connectivity index (χ0v) is 17.2. The summed E-state index contributed by atoms with van der Waals surface area (Å²) in [7, 11) is 1.52. The summed E-state index contributed by atoms with van der Waals surface area (Å²) in [5.74, 6) is -2.07. The van der Waals surface area contributed by atoms with Crippen LogP contribution in [0.4, 0.5) is 10.1 Å². The number of carbonyl (C=O) groups is 2. The molecule has 0 radical (unpaired) electrons. The summed E-state index contributed by atoms with van der Waals surface area (Å²) in [6, 6.07) is 20.4. The van der Waals surface area contributed by atoms with Crippen LogP contribution >= 0.6 is 0 Å². The highest BCUT2D eigenvalue weighted by atomic mass is 19.1. The molecule has 0 fully saturated rings. The third-order valence-electron chi connectivity index (χ3n) is 5.25. The van der Waals surface area contributed by atoms with E-state index in [1.165, 1.54) is 36.3 Å². The van der Waals surface area contributed by atoms with Crippen LogP contribution in [0, 0.1) is 5.82 Å². The highest BCUT2D eigenvalue weighted by molar-refractivity contribution is 6.19. The summed E-state index contributed by atoms with van der Waals surface area (Å²) in [5, 5.41) is 10.7. The van der Waals surface area contributed by atoms with Crippen molar-refractivity contribution in [2.45, 2.75) is 6.04 Å². The topological polar surface area (TPSA) is 66.8 Å². The molecule has 0 saturated heterocycles. The Balaban J connectivity index is 1.79. The van der Waals surface area contributed by atoms with Gasteiger partial charge in [0, 0.05) is 11.3 Å². The predicted octanol–water partition coefficient (Wildman–Crippen LogP) is 5.02. The molecule has 160 valence electrons. The van der Waals surface area contributed by atoms with Crippen molar-refractivity contribution in [3.05, 3.63) is 113 Å². The SMILES string of the molecule is COc1ccc(N2C(=O)C(O)=C(C(=O)/C=C/c3ccccc3)C2c2ccccc2F)cc1. The van der Waals surface area contributed by atoms with Crippen LogP contribution in [0.2, 0.25) is 0 Å². The molecular weight excluding hydrogens is 409 g/mol. The lowest BCUT2D eigenvalue weighted by molar-refractivity contribution is -0.117. The number of ether oxygens (including phenoxy) is 1. The summed E-state index contributed by atoms with van der Waals surface area (Å²) in [6.07, 6.45) is 2.86. The molecule has 0 spiro atoms. The smallest absolute Gasteiger partial charge is 0.294 e. The Morgan fingerprint density at radius 2 is 1.66 bits per heavy atom. The van der Waals surface area contributed by atoms with E-state index in [2.05, 4.69) is 0 Å². The number of carbonyl (C=O) groups excluding carboxylic acids is 2. The summed E-state index contributed by atoms with van der Waals surface area (Å²) >= 11 is 0. The minimum atomic E-state index is -1.12. The van der Waals surface area contributed by atoms with Crippen LogP contribution in [0.5, 0.6) is 5.75 Å². The number of amides is 1. The third-order valence-corrected chi connectivity index (χ3v) is 5.25. The second-order valence-corrected chi connectivity index (χ2v) is 7.17. The Morgan fingerprint density at radius 1 is 1.00 bits per heavy atom. The van der Waals surface area contributed by atoms with Gasteiger partial charge in [-0.2, -0.15) is 0 Å². The average molecular weight is 429 g/mol. The van der Waals surface area contributed by atoms with Gasteiger partial charge in [-0.3, -0.25) is 14.5 Å². The number of aliphatic hydroxyl groups is 1. The zero-order valence-electron chi connectivity index (χ0n) is 17.2. The first-order chi connectivity index (χ1) is 15.5. The molecule has 32 heavy (non-hydrogen) atoms. The first kappa shape index (κ1) is 21.1. The molecular formula is C26H20FNO4. The fourth-order valence-corrected chi connectivity index (χ4v) is 3.68. The van der Waals surface area contributed by atoms with Crippen molar-refractivity contribution in [1.29, 1.82) is 0 Å². The van der Waals surface area contributed by atoms with Crippen molar-refractivity contribution in [3.63, 3.8) is 0 Å². The molecule has 0 aliphatic carbocycles. The maximum Gasteiger partial charge on any atom is 0.294 e. The van der Waals surface area contributed by atoms with Crippen molar-refractivity contribution < 1.29 is 23.8 Å². The quantitative estimate of drug-likeness (QED) is 0.559. The highest BCUT2D eigenvalue weighted by Crippen LogP contribution is 2.42. The minimum absolute atomic E-state index is 0.108. The number of nitrogens with zero attached hydrogens (tertiary/aromatic N) is 1. The number of allylic oxidation sites excluding steroid dienone is 1. The molecule has 0 bridgehead atoms. The fourth-order valence-electron chi connectivity index (χ4n) is 3.68. The zero-order chi connectivity index (χ0) is 22.7. The second-order valence-electron chi connectivity index (χ2n) is 7.17. The van der Waals surface area contributed by atoms with Crippen molar-refractivity contribution >= 4 is 23.5 Å². The van der Waals surface area contributed by atoms with Gasteiger partial charge in [-0.1, -0.05) is 54.6 Å². The van der Waals surface area contributed by atoms with Crippen molar-refractivity contribution in [3.8, 4) is 5.75 Å². The summed E-state index contributed by atoms with van der Waals surface area (Å²) < 4.78 is 20.0. The van der Waals surface area contributed by atoms with Crippen LogP contribution in [0.25, 0.3) is 6.08 Å². The van der Waals surface area contributed by atoms with Crippen LogP contribution < -0.4 is 9.64 Å². The lowest BCUT2D eigenvalue weighted by atomic mass is 9.95. The van der Waals surface area contributed by atoms with E-state index in [0.717, 1.165) is 5.56 Å². The Kier molecular flexibility index (Phi) is 5.85. The van der Waals surface area contributed by atoms with Crippen LogP contribution in [0.3, 0.4) is 0 Å². The van der Waals surface area contributed by atoms with Gasteiger partial charge >= 0.3 is 0 Å². The maximum absolute atomic E-state index is 14.8. The maximum atomic E-state index is 14.8. The van der Waals surface area contributed by atoms with Crippen LogP contribution in [-0.4, -0.2) is 23.9 Å². The summed E-state index contributed by atoms with van der Waals surface area (Å²) in [6.45, 7) is 0. The molecule has 0 aromatic heterocycles. The number of halogens is 1. The van der Waals surface area contributed by atoms with Crippen LogP contribution in [0.1, 0.15) is 17.2 Å². The number of benzene rings is 3.